The fourth-order valence-corrected chi connectivity index (χ4v) is 3.05. The molecule has 0 radical (unpaired) electrons. The van der Waals surface area contributed by atoms with Gasteiger partial charge in [0.05, 0.1) is 18.2 Å². The maximum absolute atomic E-state index is 13.5. The molecule has 1 aromatic rings. The molecule has 1 spiro atoms. The minimum atomic E-state index is -0.754. The molecule has 2 fully saturated rings. The zero-order valence-corrected chi connectivity index (χ0v) is 13.7. The van der Waals surface area contributed by atoms with E-state index in [1.807, 2.05) is 0 Å². The van der Waals surface area contributed by atoms with Gasteiger partial charge in [-0.05, 0) is 38.3 Å². The van der Waals surface area contributed by atoms with Crippen molar-refractivity contribution in [2.24, 2.45) is 0 Å². The van der Waals surface area contributed by atoms with E-state index in [1.54, 1.807) is 11.8 Å². The summed E-state index contributed by atoms with van der Waals surface area (Å²) in [5.74, 6) is -1.44. The first-order chi connectivity index (χ1) is 11.5. The third-order valence-electron chi connectivity index (χ3n) is 4.68. The van der Waals surface area contributed by atoms with Crippen LogP contribution in [0.25, 0.3) is 0 Å². The molecule has 5 nitrogen and oxygen atoms in total. The smallest absolute Gasteiger partial charge is 0.317 e. The highest BCUT2D eigenvalue weighted by molar-refractivity contribution is 5.74. The molecule has 2 aliphatic heterocycles. The first-order valence-corrected chi connectivity index (χ1v) is 8.25. The maximum Gasteiger partial charge on any atom is 0.317 e. The van der Waals surface area contributed by atoms with Gasteiger partial charge >= 0.3 is 6.03 Å². The molecule has 1 unspecified atom stereocenters. The van der Waals surface area contributed by atoms with Gasteiger partial charge in [-0.25, -0.2) is 13.6 Å². The third-order valence-corrected chi connectivity index (χ3v) is 4.68. The number of likely N-dealkylation sites (tertiary alicyclic amines) is 1. The Labute approximate surface area is 139 Å². The Morgan fingerprint density at radius 1 is 1.38 bits per heavy atom. The second-order valence-electron chi connectivity index (χ2n) is 6.50. The number of piperidine rings is 1. The van der Waals surface area contributed by atoms with Gasteiger partial charge in [0.1, 0.15) is 12.4 Å². The van der Waals surface area contributed by atoms with Gasteiger partial charge in [-0.2, -0.15) is 0 Å². The average molecular weight is 340 g/mol. The number of rotatable bonds is 4. The lowest BCUT2D eigenvalue weighted by atomic mass is 9.84. The molecule has 0 bridgehead atoms. The lowest BCUT2D eigenvalue weighted by molar-refractivity contribution is -0.169. The number of urea groups is 1. The first kappa shape index (κ1) is 17.0. The number of carbonyl (C=O) groups is 1. The second-order valence-corrected chi connectivity index (χ2v) is 6.50. The molecule has 2 aliphatic rings. The lowest BCUT2D eigenvalue weighted by Gasteiger charge is -2.47. The van der Waals surface area contributed by atoms with Gasteiger partial charge in [0.25, 0.3) is 0 Å². The molecule has 1 atom stereocenters. The Bertz CT molecular complexity index is 597. The van der Waals surface area contributed by atoms with Crippen LogP contribution in [0.5, 0.6) is 5.75 Å². The molecule has 24 heavy (non-hydrogen) atoms. The molecule has 7 heteroatoms. The molecule has 3 rings (SSSR count). The van der Waals surface area contributed by atoms with Crippen LogP contribution in [0.2, 0.25) is 0 Å². The van der Waals surface area contributed by atoms with Crippen LogP contribution in [0.15, 0.2) is 18.2 Å². The van der Waals surface area contributed by atoms with Gasteiger partial charge in [-0.15, -0.1) is 0 Å². The van der Waals surface area contributed by atoms with Crippen molar-refractivity contribution in [1.29, 1.82) is 0 Å². The molecule has 0 aliphatic carbocycles. The summed E-state index contributed by atoms with van der Waals surface area (Å²) in [6.07, 6.45) is 2.81. The highest BCUT2D eigenvalue weighted by atomic mass is 19.1. The minimum Gasteiger partial charge on any atom is -0.488 e. The molecule has 0 saturated carbocycles. The van der Waals surface area contributed by atoms with Gasteiger partial charge in [0.2, 0.25) is 0 Å². The molecular weight excluding hydrogens is 318 g/mol. The zero-order chi connectivity index (χ0) is 17.2. The number of benzene rings is 1. The van der Waals surface area contributed by atoms with Crippen LogP contribution in [0.4, 0.5) is 13.6 Å². The average Bonchev–Trinajstić information content (AvgIpc) is 2.52. The van der Waals surface area contributed by atoms with E-state index in [1.165, 1.54) is 6.07 Å². The van der Waals surface area contributed by atoms with Crippen LogP contribution >= 0.6 is 0 Å². The van der Waals surface area contributed by atoms with Crippen LogP contribution in [0.3, 0.4) is 0 Å². The summed E-state index contributed by atoms with van der Waals surface area (Å²) in [5, 5.41) is 2.84. The van der Waals surface area contributed by atoms with E-state index in [2.05, 4.69) is 5.32 Å². The highest BCUT2D eigenvalue weighted by Gasteiger charge is 2.42. The fraction of sp³-hybridized carbons (Fsp3) is 0.588. The summed E-state index contributed by atoms with van der Waals surface area (Å²) in [5.41, 5.74) is 0.00557. The summed E-state index contributed by atoms with van der Waals surface area (Å²) in [7, 11) is 0. The van der Waals surface area contributed by atoms with Crippen LogP contribution < -0.4 is 10.1 Å². The fourth-order valence-electron chi connectivity index (χ4n) is 3.05. The number of halogens is 2. The Morgan fingerprint density at radius 2 is 2.08 bits per heavy atom. The molecule has 2 heterocycles. The lowest BCUT2D eigenvalue weighted by Crippen LogP contribution is -2.56. The van der Waals surface area contributed by atoms with Crippen LogP contribution in [-0.2, 0) is 4.74 Å². The van der Waals surface area contributed by atoms with Gasteiger partial charge < -0.3 is 19.7 Å². The number of hydrogen-bond donors (Lipinski definition) is 1. The predicted molar refractivity (Wildman–Crippen MR) is 84.0 cm³/mol. The van der Waals surface area contributed by atoms with Crippen molar-refractivity contribution in [2.45, 2.75) is 37.8 Å². The van der Waals surface area contributed by atoms with Gasteiger partial charge in [-0.3, -0.25) is 0 Å². The van der Waals surface area contributed by atoms with E-state index in [0.717, 1.165) is 38.0 Å². The van der Waals surface area contributed by atoms with Crippen molar-refractivity contribution in [3.05, 3.63) is 29.8 Å². The van der Waals surface area contributed by atoms with E-state index in [9.17, 15) is 13.6 Å². The summed E-state index contributed by atoms with van der Waals surface area (Å²) in [4.78, 5) is 14.0. The van der Waals surface area contributed by atoms with Gasteiger partial charge in [0.15, 0.2) is 11.6 Å². The van der Waals surface area contributed by atoms with Crippen molar-refractivity contribution < 1.29 is 23.0 Å². The van der Waals surface area contributed by atoms with Crippen LogP contribution in [0, 0.1) is 11.6 Å². The Morgan fingerprint density at radius 3 is 2.67 bits per heavy atom. The van der Waals surface area contributed by atoms with E-state index in [4.69, 9.17) is 9.47 Å². The molecular formula is C17H22F2N2O3. The monoisotopic (exact) mass is 340 g/mol. The number of nitrogens with one attached hydrogen (secondary N) is 1. The third kappa shape index (κ3) is 3.77. The zero-order valence-electron chi connectivity index (χ0n) is 13.7. The van der Waals surface area contributed by atoms with Gasteiger partial charge in [0, 0.05) is 19.2 Å². The van der Waals surface area contributed by atoms with Crippen molar-refractivity contribution in [3.8, 4) is 5.75 Å². The Hall–Kier alpha value is -1.89. The summed E-state index contributed by atoms with van der Waals surface area (Å²) < 4.78 is 37.3. The van der Waals surface area contributed by atoms with E-state index in [0.29, 0.717) is 13.1 Å². The van der Waals surface area contributed by atoms with Crippen molar-refractivity contribution >= 4 is 6.03 Å². The SMILES string of the molecule is CC(COc1ccc(F)cc1F)NC(=O)N1CCC2(CCO2)CC1. The molecule has 2 amide bonds. The normalized spacial score (nSPS) is 20.4. The molecule has 1 N–H and O–H groups in total. The number of amides is 2. The predicted octanol–water partition coefficient (Wildman–Crippen LogP) is 2.70. The topological polar surface area (TPSA) is 50.8 Å². The van der Waals surface area contributed by atoms with Crippen molar-refractivity contribution in [3.63, 3.8) is 0 Å². The Kier molecular flexibility index (Phi) is 4.89. The van der Waals surface area contributed by atoms with E-state index < -0.39 is 11.6 Å². The number of nitrogens with zero attached hydrogens (tertiary/aromatic N) is 1. The highest BCUT2D eigenvalue weighted by Crippen LogP contribution is 2.36. The molecule has 1 aromatic carbocycles. The largest absolute Gasteiger partial charge is 0.488 e. The molecule has 0 aromatic heterocycles. The van der Waals surface area contributed by atoms with Gasteiger partial charge in [-0.1, -0.05) is 0 Å². The molecule has 132 valence electrons. The first-order valence-electron chi connectivity index (χ1n) is 8.25. The van der Waals surface area contributed by atoms with E-state index >= 15 is 0 Å². The van der Waals surface area contributed by atoms with Crippen LogP contribution in [0.1, 0.15) is 26.2 Å². The van der Waals surface area contributed by atoms with Crippen LogP contribution in [-0.4, -0.2) is 48.9 Å². The maximum atomic E-state index is 13.5. The summed E-state index contributed by atoms with van der Waals surface area (Å²) in [6, 6.07) is 2.69. The number of ether oxygens (including phenoxy) is 2. The second kappa shape index (κ2) is 6.93. The Balaban J connectivity index is 1.42. The minimum absolute atomic E-state index is 0.00557. The van der Waals surface area contributed by atoms with Crippen molar-refractivity contribution in [2.75, 3.05) is 26.3 Å². The standard InChI is InChI=1S/C17H22F2N2O3/c1-12(11-23-15-3-2-13(18)10-14(15)19)20-16(22)21-7-4-17(5-8-21)6-9-24-17/h2-3,10,12H,4-9,11H2,1H3,(H,20,22). The van der Waals surface area contributed by atoms with E-state index in [-0.39, 0.29) is 30.0 Å². The number of hydrogen-bond acceptors (Lipinski definition) is 3. The van der Waals surface area contributed by atoms with Crippen molar-refractivity contribution in [1.82, 2.24) is 10.2 Å². The summed E-state index contributed by atoms with van der Waals surface area (Å²) in [6.45, 7) is 4.05. The summed E-state index contributed by atoms with van der Waals surface area (Å²) >= 11 is 0. The quantitative estimate of drug-likeness (QED) is 0.917. The number of carbonyl (C=O) groups excluding carboxylic acids is 1. The molecule has 2 saturated heterocycles.